The van der Waals surface area contributed by atoms with Crippen molar-refractivity contribution < 1.29 is 9.84 Å². The Kier molecular flexibility index (Phi) is 4.00. The molecular formula is C12H23NO2. The van der Waals surface area contributed by atoms with Crippen molar-refractivity contribution >= 4 is 0 Å². The van der Waals surface area contributed by atoms with Crippen LogP contribution in [0.15, 0.2) is 0 Å². The maximum atomic E-state index is 9.97. The van der Waals surface area contributed by atoms with Crippen LogP contribution in [0, 0.1) is 5.92 Å². The summed E-state index contributed by atoms with van der Waals surface area (Å²) in [6.45, 7) is 3.14. The summed E-state index contributed by atoms with van der Waals surface area (Å²) in [4.78, 5) is 2.48. The topological polar surface area (TPSA) is 32.7 Å². The maximum absolute atomic E-state index is 9.97. The van der Waals surface area contributed by atoms with E-state index in [0.717, 1.165) is 26.1 Å². The molecule has 2 rings (SSSR count). The van der Waals surface area contributed by atoms with Gasteiger partial charge in [0, 0.05) is 19.7 Å². The van der Waals surface area contributed by atoms with E-state index in [-0.39, 0.29) is 6.10 Å². The van der Waals surface area contributed by atoms with Gasteiger partial charge in [-0.15, -0.1) is 0 Å². The van der Waals surface area contributed by atoms with Gasteiger partial charge < -0.3 is 9.84 Å². The molecule has 3 nitrogen and oxygen atoms in total. The first kappa shape index (κ1) is 11.4. The summed E-state index contributed by atoms with van der Waals surface area (Å²) in [5.41, 5.74) is 0. The van der Waals surface area contributed by atoms with Crippen LogP contribution in [-0.4, -0.2) is 49.0 Å². The van der Waals surface area contributed by atoms with Crippen LogP contribution in [-0.2, 0) is 4.74 Å². The van der Waals surface area contributed by atoms with Gasteiger partial charge in [0.2, 0.25) is 0 Å². The van der Waals surface area contributed by atoms with Crippen LogP contribution in [0.3, 0.4) is 0 Å². The minimum atomic E-state index is -0.0833. The molecule has 88 valence electrons. The lowest BCUT2D eigenvalue weighted by atomic mass is 9.91. The van der Waals surface area contributed by atoms with Crippen molar-refractivity contribution in [2.45, 2.75) is 44.2 Å². The Bertz CT molecular complexity index is 198. The van der Waals surface area contributed by atoms with Gasteiger partial charge in [-0.05, 0) is 31.7 Å². The Morgan fingerprint density at radius 3 is 2.80 bits per heavy atom. The van der Waals surface area contributed by atoms with Crippen LogP contribution in [0.1, 0.15) is 32.1 Å². The van der Waals surface area contributed by atoms with Gasteiger partial charge in [-0.3, -0.25) is 4.90 Å². The second-order valence-corrected chi connectivity index (χ2v) is 5.02. The molecule has 0 amide bonds. The van der Waals surface area contributed by atoms with Gasteiger partial charge in [-0.25, -0.2) is 0 Å². The molecule has 2 aliphatic rings. The molecule has 1 N–H and O–H groups in total. The highest BCUT2D eigenvalue weighted by Gasteiger charge is 2.33. The van der Waals surface area contributed by atoms with E-state index in [2.05, 4.69) is 4.90 Å². The van der Waals surface area contributed by atoms with Crippen LogP contribution in [0.25, 0.3) is 0 Å². The molecule has 2 fully saturated rings. The molecule has 1 saturated heterocycles. The number of aliphatic hydroxyl groups is 1. The molecule has 15 heavy (non-hydrogen) atoms. The number of ether oxygens (including phenoxy) is 1. The zero-order valence-corrected chi connectivity index (χ0v) is 9.69. The molecule has 1 aliphatic heterocycles. The Morgan fingerprint density at radius 2 is 2.07 bits per heavy atom. The van der Waals surface area contributed by atoms with Gasteiger partial charge in [-0.2, -0.15) is 0 Å². The third-order valence-electron chi connectivity index (χ3n) is 3.88. The molecule has 1 aliphatic carbocycles. The largest absolute Gasteiger partial charge is 0.391 e. The second kappa shape index (κ2) is 5.28. The van der Waals surface area contributed by atoms with Crippen molar-refractivity contribution in [2.75, 3.05) is 26.8 Å². The van der Waals surface area contributed by atoms with Gasteiger partial charge in [0.1, 0.15) is 0 Å². The van der Waals surface area contributed by atoms with Crippen LogP contribution in [0.4, 0.5) is 0 Å². The fourth-order valence-electron chi connectivity index (χ4n) is 3.05. The van der Waals surface area contributed by atoms with E-state index in [0.29, 0.717) is 12.0 Å². The van der Waals surface area contributed by atoms with Crippen molar-refractivity contribution in [2.24, 2.45) is 5.92 Å². The third kappa shape index (κ3) is 2.71. The van der Waals surface area contributed by atoms with E-state index in [1.807, 2.05) is 0 Å². The Morgan fingerprint density at radius 1 is 1.27 bits per heavy atom. The fourth-order valence-corrected chi connectivity index (χ4v) is 3.05. The molecule has 3 atom stereocenters. The van der Waals surface area contributed by atoms with Gasteiger partial charge in [0.05, 0.1) is 12.7 Å². The molecule has 0 spiro atoms. The predicted molar refractivity (Wildman–Crippen MR) is 59.8 cm³/mol. The Balaban J connectivity index is 1.83. The molecule has 0 aromatic heterocycles. The Labute approximate surface area is 92.4 Å². The zero-order chi connectivity index (χ0) is 10.7. The van der Waals surface area contributed by atoms with Crippen molar-refractivity contribution in [3.05, 3.63) is 0 Å². The first-order chi connectivity index (χ1) is 7.31. The molecule has 1 saturated carbocycles. The second-order valence-electron chi connectivity index (χ2n) is 5.02. The van der Waals surface area contributed by atoms with Crippen molar-refractivity contribution in [1.29, 1.82) is 0 Å². The first-order valence-electron chi connectivity index (χ1n) is 6.22. The SMILES string of the molecule is COCC1CCN([C@H]2CCCC[C@@H]2O)C1. The lowest BCUT2D eigenvalue weighted by Gasteiger charge is -2.35. The fraction of sp³-hybridized carbons (Fsp3) is 1.00. The molecule has 0 radical (unpaired) electrons. The lowest BCUT2D eigenvalue weighted by molar-refractivity contribution is 0.0273. The van der Waals surface area contributed by atoms with E-state index < -0.39 is 0 Å². The molecule has 0 aromatic rings. The highest BCUT2D eigenvalue weighted by atomic mass is 16.5. The lowest BCUT2D eigenvalue weighted by Crippen LogP contribution is -2.44. The molecule has 0 aromatic carbocycles. The number of rotatable bonds is 3. The summed E-state index contributed by atoms with van der Waals surface area (Å²) in [6, 6.07) is 0.431. The number of hydrogen-bond acceptors (Lipinski definition) is 3. The van der Waals surface area contributed by atoms with E-state index in [1.165, 1.54) is 25.7 Å². The summed E-state index contributed by atoms with van der Waals surface area (Å²) in [7, 11) is 1.78. The highest BCUT2D eigenvalue weighted by molar-refractivity contribution is 4.87. The van der Waals surface area contributed by atoms with Crippen LogP contribution < -0.4 is 0 Å². The van der Waals surface area contributed by atoms with E-state index >= 15 is 0 Å². The minimum Gasteiger partial charge on any atom is -0.391 e. The number of likely N-dealkylation sites (tertiary alicyclic amines) is 1. The van der Waals surface area contributed by atoms with E-state index in [1.54, 1.807) is 7.11 Å². The predicted octanol–water partition coefficient (Wildman–Crippen LogP) is 1.26. The van der Waals surface area contributed by atoms with Crippen molar-refractivity contribution in [1.82, 2.24) is 4.90 Å². The third-order valence-corrected chi connectivity index (χ3v) is 3.88. The Hall–Kier alpha value is -0.120. The standard InChI is InChI=1S/C12H23NO2/c1-15-9-10-6-7-13(8-10)11-4-2-3-5-12(11)14/h10-12,14H,2-9H2,1H3/t10?,11-,12-/m0/s1. The van der Waals surface area contributed by atoms with Crippen LogP contribution in [0.5, 0.6) is 0 Å². The average molecular weight is 213 g/mol. The molecule has 0 bridgehead atoms. The van der Waals surface area contributed by atoms with Crippen molar-refractivity contribution in [3.63, 3.8) is 0 Å². The normalized spacial score (nSPS) is 38.4. The number of nitrogens with zero attached hydrogens (tertiary/aromatic N) is 1. The first-order valence-corrected chi connectivity index (χ1v) is 6.22. The summed E-state index contributed by atoms with van der Waals surface area (Å²) in [6.07, 6.45) is 5.81. The molecule has 1 heterocycles. The summed E-state index contributed by atoms with van der Waals surface area (Å²) < 4.78 is 5.20. The van der Waals surface area contributed by atoms with Crippen LogP contribution >= 0.6 is 0 Å². The molecule has 1 unspecified atom stereocenters. The molecule has 3 heteroatoms. The summed E-state index contributed by atoms with van der Waals surface area (Å²) >= 11 is 0. The minimum absolute atomic E-state index is 0.0833. The number of aliphatic hydroxyl groups excluding tert-OH is 1. The van der Waals surface area contributed by atoms with Gasteiger partial charge in [-0.1, -0.05) is 12.8 Å². The van der Waals surface area contributed by atoms with Crippen LogP contribution in [0.2, 0.25) is 0 Å². The summed E-state index contributed by atoms with van der Waals surface area (Å²) in [5.74, 6) is 0.684. The van der Waals surface area contributed by atoms with E-state index in [4.69, 9.17) is 4.74 Å². The monoisotopic (exact) mass is 213 g/mol. The van der Waals surface area contributed by atoms with Gasteiger partial charge in [0.15, 0.2) is 0 Å². The quantitative estimate of drug-likeness (QED) is 0.766. The molecular weight excluding hydrogens is 190 g/mol. The van der Waals surface area contributed by atoms with Crippen molar-refractivity contribution in [3.8, 4) is 0 Å². The average Bonchev–Trinajstić information content (AvgIpc) is 2.68. The number of hydrogen-bond donors (Lipinski definition) is 1. The van der Waals surface area contributed by atoms with Gasteiger partial charge in [0.25, 0.3) is 0 Å². The smallest absolute Gasteiger partial charge is 0.0695 e. The zero-order valence-electron chi connectivity index (χ0n) is 9.69. The maximum Gasteiger partial charge on any atom is 0.0695 e. The highest BCUT2D eigenvalue weighted by Crippen LogP contribution is 2.28. The van der Waals surface area contributed by atoms with E-state index in [9.17, 15) is 5.11 Å². The number of methoxy groups -OCH3 is 1. The summed E-state index contributed by atoms with van der Waals surface area (Å²) in [5, 5.41) is 9.97. The van der Waals surface area contributed by atoms with Gasteiger partial charge >= 0.3 is 0 Å².